The molecule has 33 heavy (non-hydrogen) atoms. The molecule has 1 fully saturated rings. The smallest absolute Gasteiger partial charge is 0.236 e. The van der Waals surface area contributed by atoms with Gasteiger partial charge in [0, 0.05) is 28.0 Å². The van der Waals surface area contributed by atoms with Gasteiger partial charge in [-0.05, 0) is 44.0 Å². The van der Waals surface area contributed by atoms with Gasteiger partial charge in [0.15, 0.2) is 11.5 Å². The van der Waals surface area contributed by atoms with Crippen LogP contribution in [-0.2, 0) is 4.74 Å². The van der Waals surface area contributed by atoms with E-state index in [4.69, 9.17) is 19.2 Å². The van der Waals surface area contributed by atoms with Gasteiger partial charge in [-0.3, -0.25) is 4.40 Å². The maximum Gasteiger partial charge on any atom is 0.236 e. The Morgan fingerprint density at radius 3 is 2.85 bits per heavy atom. The van der Waals surface area contributed by atoms with E-state index in [1.165, 1.54) is 11.1 Å². The fourth-order valence-corrected chi connectivity index (χ4v) is 4.79. The van der Waals surface area contributed by atoms with Crippen LogP contribution in [0.5, 0.6) is 11.5 Å². The predicted octanol–water partition coefficient (Wildman–Crippen LogP) is 5.61. The summed E-state index contributed by atoms with van der Waals surface area (Å²) in [5, 5.41) is 4.57. The zero-order valence-corrected chi connectivity index (χ0v) is 20.8. The molecular weight excluding hydrogens is 484 g/mol. The molecule has 2 atom stereocenters. The minimum atomic E-state index is 0.0164. The van der Waals surface area contributed by atoms with E-state index >= 15 is 0 Å². The number of rotatable bonds is 6. The molecule has 172 valence electrons. The van der Waals surface area contributed by atoms with Crippen LogP contribution in [0.1, 0.15) is 36.2 Å². The van der Waals surface area contributed by atoms with Crippen molar-refractivity contribution < 1.29 is 14.2 Å². The molecule has 2 aromatic carbocycles. The van der Waals surface area contributed by atoms with Crippen LogP contribution in [0.25, 0.3) is 16.7 Å². The number of nitrogens with one attached hydrogen (secondary N) is 1. The summed E-state index contributed by atoms with van der Waals surface area (Å²) in [6, 6.07) is 10.3. The SMILES string of the molecule is COc1cc2c(cc1OC1CCOC1)c(N[C@H](C)c1cccc(Br)c1C)nc1ncc(C)n12. The van der Waals surface area contributed by atoms with Gasteiger partial charge in [-0.15, -0.1) is 0 Å². The van der Waals surface area contributed by atoms with E-state index < -0.39 is 0 Å². The van der Waals surface area contributed by atoms with Crippen molar-refractivity contribution in [1.82, 2.24) is 14.4 Å². The molecule has 0 saturated carbocycles. The lowest BCUT2D eigenvalue weighted by atomic mass is 10.0. The summed E-state index contributed by atoms with van der Waals surface area (Å²) in [4.78, 5) is 9.40. The molecule has 7 nitrogen and oxygen atoms in total. The molecule has 0 bridgehead atoms. The molecule has 1 unspecified atom stereocenters. The monoisotopic (exact) mass is 510 g/mol. The lowest BCUT2D eigenvalue weighted by Gasteiger charge is -2.21. The number of hydrogen-bond acceptors (Lipinski definition) is 6. The van der Waals surface area contributed by atoms with Crippen LogP contribution in [0, 0.1) is 13.8 Å². The van der Waals surface area contributed by atoms with Gasteiger partial charge in [0.1, 0.15) is 11.9 Å². The van der Waals surface area contributed by atoms with Gasteiger partial charge in [-0.1, -0.05) is 28.1 Å². The average Bonchev–Trinajstić information content (AvgIpc) is 3.45. The molecule has 0 spiro atoms. The fourth-order valence-electron chi connectivity index (χ4n) is 4.41. The van der Waals surface area contributed by atoms with Gasteiger partial charge in [-0.25, -0.2) is 4.98 Å². The van der Waals surface area contributed by atoms with Crippen LogP contribution in [-0.4, -0.2) is 40.8 Å². The molecule has 1 aliphatic heterocycles. The molecule has 0 amide bonds. The van der Waals surface area contributed by atoms with E-state index in [2.05, 4.69) is 58.3 Å². The lowest BCUT2D eigenvalue weighted by Crippen LogP contribution is -2.16. The van der Waals surface area contributed by atoms with E-state index in [1.807, 2.05) is 29.7 Å². The maximum atomic E-state index is 6.27. The molecule has 3 heterocycles. The molecule has 0 radical (unpaired) electrons. The second-order valence-electron chi connectivity index (χ2n) is 8.44. The van der Waals surface area contributed by atoms with Crippen LogP contribution in [0.3, 0.4) is 0 Å². The number of anilines is 1. The van der Waals surface area contributed by atoms with Gasteiger partial charge < -0.3 is 19.5 Å². The Labute approximate surface area is 201 Å². The Bertz CT molecular complexity index is 1330. The normalized spacial score (nSPS) is 16.9. The quantitative estimate of drug-likeness (QED) is 0.363. The number of imidazole rings is 1. The van der Waals surface area contributed by atoms with Crippen molar-refractivity contribution in [3.63, 3.8) is 0 Å². The Morgan fingerprint density at radius 2 is 2.09 bits per heavy atom. The summed E-state index contributed by atoms with van der Waals surface area (Å²) >= 11 is 3.64. The van der Waals surface area contributed by atoms with Crippen LogP contribution in [0.15, 0.2) is 41.0 Å². The van der Waals surface area contributed by atoms with Crippen molar-refractivity contribution in [1.29, 1.82) is 0 Å². The molecule has 5 rings (SSSR count). The minimum Gasteiger partial charge on any atom is -0.493 e. The highest BCUT2D eigenvalue weighted by Gasteiger charge is 2.22. The van der Waals surface area contributed by atoms with E-state index in [1.54, 1.807) is 7.11 Å². The molecule has 1 saturated heterocycles. The molecule has 4 aromatic rings. The topological polar surface area (TPSA) is 69.9 Å². The van der Waals surface area contributed by atoms with Crippen molar-refractivity contribution in [2.75, 3.05) is 25.6 Å². The number of fused-ring (bicyclic) bond motifs is 3. The highest BCUT2D eigenvalue weighted by atomic mass is 79.9. The Morgan fingerprint density at radius 1 is 1.24 bits per heavy atom. The summed E-state index contributed by atoms with van der Waals surface area (Å²) in [6.45, 7) is 7.58. The molecule has 2 aromatic heterocycles. The third kappa shape index (κ3) is 4.02. The van der Waals surface area contributed by atoms with Crippen LogP contribution < -0.4 is 14.8 Å². The number of halogens is 1. The first-order valence-corrected chi connectivity index (χ1v) is 11.9. The Hall–Kier alpha value is -2.84. The molecular formula is C25H27BrN4O3. The summed E-state index contributed by atoms with van der Waals surface area (Å²) < 4.78 is 20.6. The molecule has 1 aliphatic rings. The summed E-state index contributed by atoms with van der Waals surface area (Å²) in [5.74, 6) is 2.76. The van der Waals surface area contributed by atoms with Gasteiger partial charge in [-0.2, -0.15) is 4.98 Å². The van der Waals surface area contributed by atoms with Gasteiger partial charge in [0.05, 0.1) is 38.1 Å². The summed E-state index contributed by atoms with van der Waals surface area (Å²) in [7, 11) is 1.66. The van der Waals surface area contributed by atoms with Crippen molar-refractivity contribution in [3.05, 3.63) is 57.8 Å². The summed E-state index contributed by atoms with van der Waals surface area (Å²) in [5.41, 5.74) is 4.37. The van der Waals surface area contributed by atoms with Crippen LogP contribution in [0.4, 0.5) is 5.82 Å². The number of benzene rings is 2. The van der Waals surface area contributed by atoms with Crippen LogP contribution in [0.2, 0.25) is 0 Å². The number of hydrogen-bond donors (Lipinski definition) is 1. The first-order chi connectivity index (χ1) is 16.0. The number of ether oxygens (including phenoxy) is 3. The first-order valence-electron chi connectivity index (χ1n) is 11.1. The average molecular weight is 511 g/mol. The number of aryl methyl sites for hydroxylation is 1. The maximum absolute atomic E-state index is 6.27. The Kier molecular flexibility index (Phi) is 5.88. The van der Waals surface area contributed by atoms with Crippen molar-refractivity contribution in [3.8, 4) is 11.5 Å². The van der Waals surface area contributed by atoms with Crippen molar-refractivity contribution >= 4 is 38.4 Å². The highest BCUT2D eigenvalue weighted by molar-refractivity contribution is 9.10. The van der Waals surface area contributed by atoms with Gasteiger partial charge in [0.2, 0.25) is 5.78 Å². The number of nitrogens with zero attached hydrogens (tertiary/aromatic N) is 3. The highest BCUT2D eigenvalue weighted by Crippen LogP contribution is 2.38. The zero-order valence-electron chi connectivity index (χ0n) is 19.2. The third-order valence-electron chi connectivity index (χ3n) is 6.22. The molecule has 8 heteroatoms. The first kappa shape index (κ1) is 22.0. The van der Waals surface area contributed by atoms with Gasteiger partial charge >= 0.3 is 0 Å². The number of methoxy groups -OCH3 is 1. The predicted molar refractivity (Wildman–Crippen MR) is 133 cm³/mol. The van der Waals surface area contributed by atoms with E-state index in [0.717, 1.165) is 33.3 Å². The molecule has 0 aliphatic carbocycles. The van der Waals surface area contributed by atoms with Gasteiger partial charge in [0.25, 0.3) is 0 Å². The fraction of sp³-hybridized carbons (Fsp3) is 0.360. The lowest BCUT2D eigenvalue weighted by molar-refractivity contribution is 0.139. The minimum absolute atomic E-state index is 0.0164. The number of aromatic nitrogens is 3. The second kappa shape index (κ2) is 8.83. The largest absolute Gasteiger partial charge is 0.493 e. The zero-order chi connectivity index (χ0) is 23.1. The van der Waals surface area contributed by atoms with E-state index in [-0.39, 0.29) is 12.1 Å². The van der Waals surface area contributed by atoms with Crippen LogP contribution >= 0.6 is 15.9 Å². The van der Waals surface area contributed by atoms with Crippen molar-refractivity contribution in [2.24, 2.45) is 0 Å². The standard InChI is InChI=1S/C25H27BrN4O3/c1-14-12-27-25-29-24(28-16(3)18-6-5-7-20(26)15(18)2)19-10-23(33-17-8-9-32-13-17)22(31-4)11-21(19)30(14)25/h5-7,10-12,16-17H,8-9,13H2,1-4H3,(H,27,28,29)/t16-,17?/m1/s1. The Balaban J connectivity index is 1.65. The third-order valence-corrected chi connectivity index (χ3v) is 7.08. The molecule has 1 N–H and O–H groups in total. The van der Waals surface area contributed by atoms with E-state index in [9.17, 15) is 0 Å². The summed E-state index contributed by atoms with van der Waals surface area (Å²) in [6.07, 6.45) is 2.71. The second-order valence-corrected chi connectivity index (χ2v) is 9.29. The van der Waals surface area contributed by atoms with Crippen molar-refractivity contribution in [2.45, 2.75) is 39.3 Å². The van der Waals surface area contributed by atoms with E-state index in [0.29, 0.717) is 30.5 Å².